The van der Waals surface area contributed by atoms with Crippen molar-refractivity contribution in [3.8, 4) is 12.3 Å². The van der Waals surface area contributed by atoms with Crippen LogP contribution in [-0.2, 0) is 0 Å². The third-order valence-corrected chi connectivity index (χ3v) is 3.97. The summed E-state index contributed by atoms with van der Waals surface area (Å²) in [6.45, 7) is 5.14. The monoisotopic (exact) mass is 276 g/mol. The minimum atomic E-state index is 0.336. The lowest BCUT2D eigenvalue weighted by atomic mass is 10.0. The molecule has 1 saturated heterocycles. The average molecular weight is 277 g/mol. The fraction of sp³-hybridized carbons (Fsp3) is 0.500. The van der Waals surface area contributed by atoms with Crippen LogP contribution in [0.4, 0.5) is 0 Å². The number of terminal acetylenes is 1. The van der Waals surface area contributed by atoms with Crippen molar-refractivity contribution in [1.29, 1.82) is 0 Å². The molecule has 2 rings (SSSR count). The highest BCUT2D eigenvalue weighted by atomic mass is 35.5. The first kappa shape index (κ1) is 14.4. The largest absolute Gasteiger partial charge is 0.307 e. The van der Waals surface area contributed by atoms with E-state index in [0.29, 0.717) is 12.1 Å². The molecule has 1 heterocycles. The van der Waals surface area contributed by atoms with Crippen LogP contribution in [0.15, 0.2) is 24.3 Å². The van der Waals surface area contributed by atoms with Crippen molar-refractivity contribution in [2.75, 3.05) is 19.6 Å². The summed E-state index contributed by atoms with van der Waals surface area (Å²) >= 11 is 6.03. The van der Waals surface area contributed by atoms with E-state index in [2.05, 4.69) is 29.1 Å². The summed E-state index contributed by atoms with van der Waals surface area (Å²) in [6.07, 6.45) is 7.66. The zero-order chi connectivity index (χ0) is 13.7. The molecule has 0 aliphatic carbocycles. The lowest BCUT2D eigenvalue weighted by Gasteiger charge is -2.33. The van der Waals surface area contributed by atoms with Gasteiger partial charge in [-0.1, -0.05) is 29.7 Å². The Labute approximate surface area is 121 Å². The van der Waals surface area contributed by atoms with Crippen LogP contribution in [0.1, 0.15) is 31.4 Å². The second kappa shape index (κ2) is 6.96. The molecule has 0 aromatic heterocycles. The van der Waals surface area contributed by atoms with Crippen LogP contribution in [0.2, 0.25) is 5.02 Å². The minimum absolute atomic E-state index is 0.336. The number of halogens is 1. The van der Waals surface area contributed by atoms with Crippen LogP contribution >= 0.6 is 11.6 Å². The van der Waals surface area contributed by atoms with Crippen LogP contribution < -0.4 is 5.32 Å². The number of hydrogen-bond donors (Lipinski definition) is 1. The van der Waals surface area contributed by atoms with Gasteiger partial charge in [-0.2, -0.15) is 0 Å². The van der Waals surface area contributed by atoms with Gasteiger partial charge in [-0.3, -0.25) is 4.90 Å². The van der Waals surface area contributed by atoms with Crippen LogP contribution in [0, 0.1) is 12.3 Å². The third kappa shape index (κ3) is 4.24. The Kier molecular flexibility index (Phi) is 5.27. The molecular weight excluding hydrogens is 256 g/mol. The molecule has 3 heteroatoms. The summed E-state index contributed by atoms with van der Waals surface area (Å²) in [5, 5.41) is 4.49. The molecule has 1 aromatic carbocycles. The van der Waals surface area contributed by atoms with E-state index in [1.54, 1.807) is 0 Å². The lowest BCUT2D eigenvalue weighted by molar-refractivity contribution is 0.211. The van der Waals surface area contributed by atoms with E-state index >= 15 is 0 Å². The van der Waals surface area contributed by atoms with E-state index in [0.717, 1.165) is 37.5 Å². The highest BCUT2D eigenvalue weighted by Gasteiger charge is 2.20. The van der Waals surface area contributed by atoms with Gasteiger partial charge in [0.25, 0.3) is 0 Å². The molecule has 1 atom stereocenters. The molecule has 0 radical (unpaired) electrons. The molecule has 0 amide bonds. The molecule has 0 bridgehead atoms. The van der Waals surface area contributed by atoms with Gasteiger partial charge in [0.05, 0.1) is 6.54 Å². The van der Waals surface area contributed by atoms with E-state index in [1.165, 1.54) is 5.56 Å². The van der Waals surface area contributed by atoms with Gasteiger partial charge in [-0.15, -0.1) is 6.42 Å². The molecule has 1 N–H and O–H groups in total. The Bertz CT molecular complexity index is 444. The maximum absolute atomic E-state index is 6.03. The maximum Gasteiger partial charge on any atom is 0.0598 e. The smallest absolute Gasteiger partial charge is 0.0598 e. The van der Waals surface area contributed by atoms with Gasteiger partial charge in [0, 0.05) is 30.2 Å². The second-order valence-corrected chi connectivity index (χ2v) is 5.63. The third-order valence-electron chi connectivity index (χ3n) is 3.74. The van der Waals surface area contributed by atoms with Crippen molar-refractivity contribution >= 4 is 11.6 Å². The summed E-state index contributed by atoms with van der Waals surface area (Å²) in [6, 6.07) is 8.98. The van der Waals surface area contributed by atoms with Gasteiger partial charge in [0.15, 0.2) is 0 Å². The Morgan fingerprint density at radius 2 is 2.21 bits per heavy atom. The molecular formula is C16H21ClN2. The SMILES string of the molecule is C#CCN1CCC(NC(C)c2cccc(Cl)c2)CC1. The first-order valence-corrected chi connectivity index (χ1v) is 7.24. The first-order valence-electron chi connectivity index (χ1n) is 6.86. The number of likely N-dealkylation sites (tertiary alicyclic amines) is 1. The van der Waals surface area contributed by atoms with Crippen molar-refractivity contribution in [1.82, 2.24) is 10.2 Å². The first-order chi connectivity index (χ1) is 9.19. The van der Waals surface area contributed by atoms with Crippen LogP contribution in [0.3, 0.4) is 0 Å². The van der Waals surface area contributed by atoms with E-state index in [4.69, 9.17) is 18.0 Å². The van der Waals surface area contributed by atoms with E-state index in [-0.39, 0.29) is 0 Å². The molecule has 2 nitrogen and oxygen atoms in total. The molecule has 0 saturated carbocycles. The Morgan fingerprint density at radius 3 is 2.84 bits per heavy atom. The van der Waals surface area contributed by atoms with Gasteiger partial charge in [0.2, 0.25) is 0 Å². The molecule has 1 aliphatic heterocycles. The van der Waals surface area contributed by atoms with Crippen molar-refractivity contribution < 1.29 is 0 Å². The van der Waals surface area contributed by atoms with Gasteiger partial charge < -0.3 is 5.32 Å². The fourth-order valence-electron chi connectivity index (χ4n) is 2.61. The average Bonchev–Trinajstić information content (AvgIpc) is 2.41. The number of nitrogens with zero attached hydrogens (tertiary/aromatic N) is 1. The number of benzene rings is 1. The molecule has 0 spiro atoms. The van der Waals surface area contributed by atoms with Crippen molar-refractivity contribution in [3.05, 3.63) is 34.9 Å². The van der Waals surface area contributed by atoms with Crippen molar-refractivity contribution in [3.63, 3.8) is 0 Å². The fourth-order valence-corrected chi connectivity index (χ4v) is 2.81. The van der Waals surface area contributed by atoms with E-state index in [9.17, 15) is 0 Å². The van der Waals surface area contributed by atoms with Crippen LogP contribution in [0.25, 0.3) is 0 Å². The predicted molar refractivity (Wildman–Crippen MR) is 81.3 cm³/mol. The summed E-state index contributed by atoms with van der Waals surface area (Å²) in [5.74, 6) is 2.72. The van der Waals surface area contributed by atoms with Crippen molar-refractivity contribution in [2.45, 2.75) is 31.8 Å². The Hall–Kier alpha value is -1.01. The molecule has 102 valence electrons. The predicted octanol–water partition coefficient (Wildman–Crippen LogP) is 3.09. The summed E-state index contributed by atoms with van der Waals surface area (Å²) in [5.41, 5.74) is 1.25. The number of hydrogen-bond acceptors (Lipinski definition) is 2. The molecule has 1 aromatic rings. The lowest BCUT2D eigenvalue weighted by Crippen LogP contribution is -2.43. The van der Waals surface area contributed by atoms with Gasteiger partial charge in [0.1, 0.15) is 0 Å². The summed E-state index contributed by atoms with van der Waals surface area (Å²) in [7, 11) is 0. The molecule has 19 heavy (non-hydrogen) atoms. The van der Waals surface area contributed by atoms with Gasteiger partial charge in [-0.25, -0.2) is 0 Å². The minimum Gasteiger partial charge on any atom is -0.307 e. The number of piperidine rings is 1. The highest BCUT2D eigenvalue weighted by molar-refractivity contribution is 6.30. The van der Waals surface area contributed by atoms with Gasteiger partial charge in [-0.05, 0) is 37.5 Å². The topological polar surface area (TPSA) is 15.3 Å². The van der Waals surface area contributed by atoms with E-state index < -0.39 is 0 Å². The maximum atomic E-state index is 6.03. The zero-order valence-corrected chi connectivity index (χ0v) is 12.2. The quantitative estimate of drug-likeness (QED) is 0.850. The molecule has 1 aliphatic rings. The highest BCUT2D eigenvalue weighted by Crippen LogP contribution is 2.20. The van der Waals surface area contributed by atoms with Gasteiger partial charge >= 0.3 is 0 Å². The Morgan fingerprint density at radius 1 is 1.47 bits per heavy atom. The van der Waals surface area contributed by atoms with E-state index in [1.807, 2.05) is 18.2 Å². The summed E-state index contributed by atoms with van der Waals surface area (Å²) < 4.78 is 0. The summed E-state index contributed by atoms with van der Waals surface area (Å²) in [4.78, 5) is 2.34. The number of rotatable bonds is 4. The molecule has 1 unspecified atom stereocenters. The normalized spacial score (nSPS) is 19.0. The molecule has 1 fully saturated rings. The van der Waals surface area contributed by atoms with Crippen LogP contribution in [-0.4, -0.2) is 30.6 Å². The Balaban J connectivity index is 1.84. The zero-order valence-electron chi connectivity index (χ0n) is 11.4. The second-order valence-electron chi connectivity index (χ2n) is 5.20. The van der Waals surface area contributed by atoms with Crippen LogP contribution in [0.5, 0.6) is 0 Å². The van der Waals surface area contributed by atoms with Crippen molar-refractivity contribution in [2.24, 2.45) is 0 Å². The standard InChI is InChI=1S/C16H21ClN2/c1-3-9-19-10-7-16(8-11-19)18-13(2)14-5-4-6-15(17)12-14/h1,4-6,12-13,16,18H,7-11H2,2H3. The number of nitrogens with one attached hydrogen (secondary N) is 1.